The van der Waals surface area contributed by atoms with Crippen LogP contribution in [0.15, 0.2) is 72.8 Å². The zero-order chi connectivity index (χ0) is 49.2. The molecule has 16 heteroatoms. The van der Waals surface area contributed by atoms with E-state index in [4.69, 9.17) is 30.9 Å². The Morgan fingerprint density at radius 2 is 1.64 bits per heavy atom. The lowest BCUT2D eigenvalue weighted by Crippen LogP contribution is -2.52. The SMILES string of the molecule is Cc1nn(C)c(C)c1-c1c(Cl)ccc2c(CCCOc3cccc4ccccc34)c(C(=O)OC(C)(C)C)n(CCN3CCN(C(=O)COc4cccc5c4CN(C4CCC(=O)NC4=O)C5=O)C4CC43)c12. The highest BCUT2D eigenvalue weighted by Gasteiger charge is 2.50. The largest absolute Gasteiger partial charge is 0.493 e. The number of imide groups is 1. The molecule has 4 amide bonds. The fraction of sp³-hybridized carbons (Fsp3) is 0.407. The van der Waals surface area contributed by atoms with Crippen molar-refractivity contribution in [1.29, 1.82) is 0 Å². The molecule has 1 aliphatic carbocycles. The van der Waals surface area contributed by atoms with Crippen LogP contribution < -0.4 is 14.8 Å². The number of rotatable bonds is 14. The summed E-state index contributed by atoms with van der Waals surface area (Å²) in [5.74, 6) is -0.449. The van der Waals surface area contributed by atoms with E-state index in [0.29, 0.717) is 73.2 Å². The third-order valence-electron chi connectivity index (χ3n) is 14.3. The van der Waals surface area contributed by atoms with Gasteiger partial charge in [0.15, 0.2) is 6.61 Å². The van der Waals surface area contributed by atoms with E-state index in [1.165, 1.54) is 4.90 Å². The third kappa shape index (κ3) is 8.78. The van der Waals surface area contributed by atoms with Crippen LogP contribution in [-0.4, -0.2) is 115 Å². The molecule has 10 rings (SSSR count). The maximum absolute atomic E-state index is 14.7. The smallest absolute Gasteiger partial charge is 0.355 e. The van der Waals surface area contributed by atoms with Crippen molar-refractivity contribution in [2.45, 2.75) is 104 Å². The number of benzene rings is 4. The minimum Gasteiger partial charge on any atom is -0.493 e. The van der Waals surface area contributed by atoms with Crippen molar-refractivity contribution in [3.63, 3.8) is 0 Å². The van der Waals surface area contributed by atoms with Crippen molar-refractivity contribution in [2.75, 3.05) is 32.8 Å². The van der Waals surface area contributed by atoms with Gasteiger partial charge in [0.25, 0.3) is 11.8 Å². The van der Waals surface area contributed by atoms with Gasteiger partial charge in [-0.2, -0.15) is 5.10 Å². The normalized spacial score (nSPS) is 19.1. The predicted molar refractivity (Wildman–Crippen MR) is 265 cm³/mol. The molecule has 15 nitrogen and oxygen atoms in total. The molecule has 3 atom stereocenters. The lowest BCUT2D eigenvalue weighted by atomic mass is 9.98. The number of hydrogen-bond donors (Lipinski definition) is 1. The molecule has 1 N–H and O–H groups in total. The molecule has 2 saturated heterocycles. The summed E-state index contributed by atoms with van der Waals surface area (Å²) >= 11 is 7.24. The number of ether oxygens (including phenoxy) is 3. The quantitative estimate of drug-likeness (QED) is 0.0657. The van der Waals surface area contributed by atoms with Crippen LogP contribution >= 0.6 is 11.6 Å². The van der Waals surface area contributed by atoms with Gasteiger partial charge in [-0.15, -0.1) is 0 Å². The van der Waals surface area contributed by atoms with E-state index in [2.05, 4.69) is 33.0 Å². The summed E-state index contributed by atoms with van der Waals surface area (Å²) < 4.78 is 22.7. The van der Waals surface area contributed by atoms with Crippen LogP contribution in [0.2, 0.25) is 5.02 Å². The van der Waals surface area contributed by atoms with E-state index >= 15 is 0 Å². The summed E-state index contributed by atoms with van der Waals surface area (Å²) in [5, 5.41) is 10.7. The Morgan fingerprint density at radius 3 is 2.41 bits per heavy atom. The average Bonchev–Trinajstić information content (AvgIpc) is 3.90. The first-order valence-electron chi connectivity index (χ1n) is 24.2. The van der Waals surface area contributed by atoms with Crippen LogP contribution in [0.3, 0.4) is 0 Å². The highest BCUT2D eigenvalue weighted by atomic mass is 35.5. The molecule has 6 aromatic rings. The maximum Gasteiger partial charge on any atom is 0.355 e. The van der Waals surface area contributed by atoms with E-state index in [1.807, 2.05) is 87.6 Å². The zero-order valence-corrected chi connectivity index (χ0v) is 41.2. The zero-order valence-electron chi connectivity index (χ0n) is 40.5. The number of halogens is 1. The van der Waals surface area contributed by atoms with E-state index in [1.54, 1.807) is 18.2 Å². The molecule has 5 heterocycles. The van der Waals surface area contributed by atoms with Gasteiger partial charge in [-0.25, -0.2) is 4.79 Å². The van der Waals surface area contributed by atoms with Crippen LogP contribution in [0.4, 0.5) is 0 Å². The molecule has 0 spiro atoms. The molecule has 3 fully saturated rings. The Kier molecular flexibility index (Phi) is 12.5. The van der Waals surface area contributed by atoms with Gasteiger partial charge in [0.1, 0.15) is 28.8 Å². The molecule has 4 aliphatic rings. The summed E-state index contributed by atoms with van der Waals surface area (Å²) in [6.45, 7) is 12.2. The first kappa shape index (κ1) is 47.0. The number of nitrogens with zero attached hydrogens (tertiary/aromatic N) is 6. The highest BCUT2D eigenvalue weighted by Crippen LogP contribution is 2.44. The lowest BCUT2D eigenvalue weighted by Gasteiger charge is -2.34. The van der Waals surface area contributed by atoms with Gasteiger partial charge in [-0.05, 0) is 95.5 Å². The van der Waals surface area contributed by atoms with Crippen LogP contribution in [0.1, 0.15) is 89.8 Å². The fourth-order valence-corrected chi connectivity index (χ4v) is 11.1. The number of carbonyl (C=O) groups is 5. The van der Waals surface area contributed by atoms with Crippen LogP contribution in [0.5, 0.6) is 11.5 Å². The summed E-state index contributed by atoms with van der Waals surface area (Å²) in [4.78, 5) is 72.2. The van der Waals surface area contributed by atoms with E-state index < -0.39 is 23.5 Å². The molecule has 3 unspecified atom stereocenters. The van der Waals surface area contributed by atoms with Crippen molar-refractivity contribution in [3.8, 4) is 22.6 Å². The van der Waals surface area contributed by atoms with Crippen LogP contribution in [0.25, 0.3) is 32.8 Å². The summed E-state index contributed by atoms with van der Waals surface area (Å²) in [6, 6.07) is 22.7. The number of esters is 1. The van der Waals surface area contributed by atoms with E-state index in [-0.39, 0.29) is 55.8 Å². The van der Waals surface area contributed by atoms with Crippen LogP contribution in [-0.2, 0) is 45.7 Å². The molecule has 3 aliphatic heterocycles. The molecule has 2 aromatic heterocycles. The second-order valence-electron chi connectivity index (χ2n) is 19.9. The van der Waals surface area contributed by atoms with Crippen molar-refractivity contribution >= 4 is 62.9 Å². The number of aromatic nitrogens is 3. The predicted octanol–water partition coefficient (Wildman–Crippen LogP) is 7.56. The standard InChI is InChI=1S/C54H58ClN7O8/c1-31-47(32(2)58(6)57-31)48-39(55)20-19-36-35(16-11-27-68-43-17-9-13-33-12-7-8-14-34(33)43)50(53(67)70-54(3,4)5)61(49(36)48)26-24-59-23-25-60(42-28-41(42)59)46(64)30-69-44-18-10-15-37-38(44)29-62(52(37)66)40-21-22-45(63)56-51(40)65/h7-10,12-15,17-20,40-42H,11,16,21-30H2,1-6H3,(H,56,63,65). The van der Waals surface area contributed by atoms with Gasteiger partial charge >= 0.3 is 5.97 Å². The number of amides is 4. The second-order valence-corrected chi connectivity index (χ2v) is 20.3. The minimum absolute atomic E-state index is 0.00524. The molecule has 0 bridgehead atoms. The van der Waals surface area contributed by atoms with Crippen molar-refractivity contribution < 1.29 is 38.2 Å². The van der Waals surface area contributed by atoms with Crippen LogP contribution in [0, 0.1) is 13.8 Å². The number of piperidine rings is 1. The van der Waals surface area contributed by atoms with Gasteiger partial charge in [-0.1, -0.05) is 60.1 Å². The second kappa shape index (κ2) is 18.6. The minimum atomic E-state index is -0.758. The summed E-state index contributed by atoms with van der Waals surface area (Å²) in [6.07, 6.45) is 2.40. The van der Waals surface area contributed by atoms with Gasteiger partial charge in [0, 0.05) is 90.5 Å². The number of fused-ring (bicyclic) bond motifs is 4. The monoisotopic (exact) mass is 967 g/mol. The molecular weight excluding hydrogens is 910 g/mol. The first-order chi connectivity index (χ1) is 33.6. The number of aryl methyl sites for hydroxylation is 3. The Labute approximate surface area is 411 Å². The number of nitrogens with one attached hydrogen (secondary N) is 1. The fourth-order valence-electron chi connectivity index (χ4n) is 10.8. The summed E-state index contributed by atoms with van der Waals surface area (Å²) in [5.41, 5.74) is 6.04. The van der Waals surface area contributed by atoms with Gasteiger partial charge < -0.3 is 28.6 Å². The Bertz CT molecular complexity index is 3110. The molecule has 4 aromatic carbocycles. The first-order valence-corrected chi connectivity index (χ1v) is 24.6. The van der Waals surface area contributed by atoms with Crippen molar-refractivity contribution in [1.82, 2.24) is 34.4 Å². The molecule has 70 heavy (non-hydrogen) atoms. The Morgan fingerprint density at radius 1 is 0.871 bits per heavy atom. The lowest BCUT2D eigenvalue weighted by molar-refractivity contribution is -0.137. The Hall–Kier alpha value is -6.71. The van der Waals surface area contributed by atoms with Crippen molar-refractivity contribution in [2.24, 2.45) is 7.05 Å². The van der Waals surface area contributed by atoms with E-state index in [9.17, 15) is 24.0 Å². The van der Waals surface area contributed by atoms with Gasteiger partial charge in [0.2, 0.25) is 11.8 Å². The third-order valence-corrected chi connectivity index (χ3v) is 14.6. The highest BCUT2D eigenvalue weighted by molar-refractivity contribution is 6.35. The molecule has 364 valence electrons. The molecule has 1 saturated carbocycles. The number of piperazine rings is 1. The molecule has 0 radical (unpaired) electrons. The van der Waals surface area contributed by atoms with Crippen molar-refractivity contribution in [3.05, 3.63) is 112 Å². The average molecular weight is 969 g/mol. The van der Waals surface area contributed by atoms with E-state index in [0.717, 1.165) is 61.9 Å². The Balaban J connectivity index is 0.888. The van der Waals surface area contributed by atoms with Gasteiger partial charge in [-0.3, -0.25) is 34.1 Å². The maximum atomic E-state index is 14.7. The number of carbonyl (C=O) groups excluding carboxylic acids is 5. The topological polar surface area (TPSA) is 158 Å². The number of hydrogen-bond acceptors (Lipinski definition) is 10. The van der Waals surface area contributed by atoms with Gasteiger partial charge in [0.05, 0.1) is 29.4 Å². The molecular formula is C54H58ClN7O8. The summed E-state index contributed by atoms with van der Waals surface area (Å²) in [7, 11) is 1.92.